The molecule has 6 nitrogen and oxygen atoms in total. The van der Waals surface area contributed by atoms with Crippen molar-refractivity contribution in [2.24, 2.45) is 7.05 Å². The summed E-state index contributed by atoms with van der Waals surface area (Å²) in [6, 6.07) is 10.3. The highest BCUT2D eigenvalue weighted by Crippen LogP contribution is 2.24. The fraction of sp³-hybridized carbons (Fsp3) is 0.524. The van der Waals surface area contributed by atoms with Crippen LogP contribution in [0, 0.1) is 0 Å². The van der Waals surface area contributed by atoms with Gasteiger partial charge in [0.2, 0.25) is 0 Å². The summed E-state index contributed by atoms with van der Waals surface area (Å²) in [5, 5.41) is 15.2. The average molecular weight is 370 g/mol. The van der Waals surface area contributed by atoms with E-state index >= 15 is 0 Å². The molecule has 0 bridgehead atoms. The molecule has 0 radical (unpaired) electrons. The van der Waals surface area contributed by atoms with Crippen LogP contribution < -0.4 is 0 Å². The number of benzene rings is 1. The molecule has 1 unspecified atom stereocenters. The van der Waals surface area contributed by atoms with Crippen LogP contribution in [0.25, 0.3) is 0 Å². The lowest BCUT2D eigenvalue weighted by atomic mass is 9.91. The van der Waals surface area contributed by atoms with Gasteiger partial charge in [0.25, 0.3) is 5.91 Å². The Kier molecular flexibility index (Phi) is 6.29. The van der Waals surface area contributed by atoms with Crippen LogP contribution in [0.2, 0.25) is 0 Å². The maximum Gasteiger partial charge on any atom is 0.255 e. The first-order valence-electron chi connectivity index (χ1n) is 9.68. The quantitative estimate of drug-likeness (QED) is 0.770. The Labute approximate surface area is 161 Å². The van der Waals surface area contributed by atoms with E-state index < -0.39 is 5.60 Å². The van der Waals surface area contributed by atoms with Crippen LogP contribution in [0.4, 0.5) is 0 Å². The Bertz CT molecular complexity index is 746. The topological polar surface area (TPSA) is 61.6 Å². The molecule has 3 rings (SSSR count). The van der Waals surface area contributed by atoms with Crippen molar-refractivity contribution < 1.29 is 9.90 Å². The third-order valence-electron chi connectivity index (χ3n) is 5.18. The van der Waals surface area contributed by atoms with Gasteiger partial charge in [-0.05, 0) is 38.3 Å². The third kappa shape index (κ3) is 5.17. The molecule has 1 atom stereocenters. The number of aliphatic hydroxyl groups is 1. The molecule has 2 heterocycles. The summed E-state index contributed by atoms with van der Waals surface area (Å²) >= 11 is 0. The van der Waals surface area contributed by atoms with Crippen molar-refractivity contribution >= 4 is 5.91 Å². The minimum atomic E-state index is -1.29. The van der Waals surface area contributed by atoms with E-state index in [-0.39, 0.29) is 5.91 Å². The van der Waals surface area contributed by atoms with Gasteiger partial charge >= 0.3 is 0 Å². The molecule has 1 amide bonds. The molecule has 27 heavy (non-hydrogen) atoms. The van der Waals surface area contributed by atoms with Crippen molar-refractivity contribution in [1.29, 1.82) is 0 Å². The number of nitrogens with zero attached hydrogens (tertiary/aromatic N) is 4. The highest BCUT2D eigenvalue weighted by molar-refractivity contribution is 5.86. The number of likely N-dealkylation sites (N-methyl/N-ethyl adjacent to an activating group) is 1. The van der Waals surface area contributed by atoms with Crippen LogP contribution in [0.5, 0.6) is 0 Å². The lowest BCUT2D eigenvalue weighted by Gasteiger charge is -2.40. The molecule has 146 valence electrons. The van der Waals surface area contributed by atoms with E-state index in [1.807, 2.05) is 54.5 Å². The third-order valence-corrected chi connectivity index (χ3v) is 5.18. The van der Waals surface area contributed by atoms with E-state index in [0.717, 1.165) is 31.4 Å². The van der Waals surface area contributed by atoms with Crippen LogP contribution in [-0.2, 0) is 24.8 Å². The molecule has 1 aromatic carbocycles. The first-order chi connectivity index (χ1) is 13.0. The first kappa shape index (κ1) is 19.6. The van der Waals surface area contributed by atoms with Crippen LogP contribution in [0.1, 0.15) is 30.4 Å². The lowest BCUT2D eigenvalue weighted by molar-refractivity contribution is -0.159. The van der Waals surface area contributed by atoms with Crippen molar-refractivity contribution in [3.05, 3.63) is 53.9 Å². The van der Waals surface area contributed by atoms with Gasteiger partial charge in [0, 0.05) is 45.0 Å². The van der Waals surface area contributed by atoms with E-state index in [0.29, 0.717) is 26.1 Å². The van der Waals surface area contributed by atoms with Gasteiger partial charge in [-0.3, -0.25) is 14.4 Å². The average Bonchev–Trinajstić information content (AvgIpc) is 3.04. The molecule has 1 aliphatic heterocycles. The van der Waals surface area contributed by atoms with E-state index in [2.05, 4.69) is 17.2 Å². The Balaban J connectivity index is 1.52. The minimum absolute atomic E-state index is 0.125. The number of hydrogen-bond donors (Lipinski definition) is 1. The van der Waals surface area contributed by atoms with Gasteiger partial charge in [-0.2, -0.15) is 5.10 Å². The maximum atomic E-state index is 12.9. The first-order valence-corrected chi connectivity index (χ1v) is 9.68. The Morgan fingerprint density at radius 3 is 2.74 bits per heavy atom. The van der Waals surface area contributed by atoms with Gasteiger partial charge in [0.15, 0.2) is 5.60 Å². The van der Waals surface area contributed by atoms with Gasteiger partial charge in [0.05, 0.1) is 6.20 Å². The van der Waals surface area contributed by atoms with Crippen molar-refractivity contribution in [2.45, 2.75) is 37.8 Å². The lowest BCUT2D eigenvalue weighted by Crippen LogP contribution is -2.58. The minimum Gasteiger partial charge on any atom is -0.379 e. The smallest absolute Gasteiger partial charge is 0.255 e. The standard InChI is InChI=1S/C21H30N4O2/c1-23(15-19-14-22-24(2)16-19)17-21(27)11-7-13-25(20(21)26)12-6-10-18-8-4-3-5-9-18/h3-5,8-9,14,16,27H,6-7,10-13,15,17H2,1-2H3. The summed E-state index contributed by atoms with van der Waals surface area (Å²) in [4.78, 5) is 16.8. The van der Waals surface area contributed by atoms with Gasteiger partial charge in [0.1, 0.15) is 0 Å². The zero-order valence-corrected chi connectivity index (χ0v) is 16.3. The van der Waals surface area contributed by atoms with Gasteiger partial charge in [-0.1, -0.05) is 30.3 Å². The van der Waals surface area contributed by atoms with Crippen LogP contribution in [0.15, 0.2) is 42.7 Å². The number of piperidine rings is 1. The molecule has 1 aliphatic rings. The normalized spacial score (nSPS) is 20.4. The van der Waals surface area contributed by atoms with Crippen LogP contribution >= 0.6 is 0 Å². The molecule has 6 heteroatoms. The zero-order valence-electron chi connectivity index (χ0n) is 16.3. The van der Waals surface area contributed by atoms with Crippen molar-refractivity contribution in [3.8, 4) is 0 Å². The number of carbonyl (C=O) groups excluding carboxylic acids is 1. The molecule has 1 saturated heterocycles. The maximum absolute atomic E-state index is 12.9. The Morgan fingerprint density at radius 2 is 2.04 bits per heavy atom. The number of amides is 1. The number of likely N-dealkylation sites (tertiary alicyclic amines) is 1. The second kappa shape index (κ2) is 8.67. The number of carbonyl (C=O) groups is 1. The summed E-state index contributed by atoms with van der Waals surface area (Å²) in [5.41, 5.74) is 1.07. The summed E-state index contributed by atoms with van der Waals surface area (Å²) in [7, 11) is 3.82. The second-order valence-electron chi connectivity index (χ2n) is 7.71. The highest BCUT2D eigenvalue weighted by Gasteiger charge is 2.42. The molecular formula is C21H30N4O2. The largest absolute Gasteiger partial charge is 0.379 e. The number of aromatic nitrogens is 2. The summed E-state index contributed by atoms with van der Waals surface area (Å²) in [6.45, 7) is 2.44. The molecule has 2 aromatic rings. The van der Waals surface area contributed by atoms with Gasteiger partial charge in [-0.25, -0.2) is 0 Å². The van der Waals surface area contributed by atoms with Crippen LogP contribution in [-0.4, -0.2) is 62.9 Å². The van der Waals surface area contributed by atoms with Crippen molar-refractivity contribution in [1.82, 2.24) is 19.6 Å². The summed E-state index contributed by atoms with van der Waals surface area (Å²) < 4.78 is 1.76. The summed E-state index contributed by atoms with van der Waals surface area (Å²) in [5.74, 6) is -0.125. The Morgan fingerprint density at radius 1 is 1.26 bits per heavy atom. The number of hydrogen-bond acceptors (Lipinski definition) is 4. The van der Waals surface area contributed by atoms with E-state index in [1.165, 1.54) is 5.56 Å². The van der Waals surface area contributed by atoms with E-state index in [4.69, 9.17) is 0 Å². The van der Waals surface area contributed by atoms with Gasteiger partial charge in [-0.15, -0.1) is 0 Å². The molecular weight excluding hydrogens is 340 g/mol. The van der Waals surface area contributed by atoms with Crippen LogP contribution in [0.3, 0.4) is 0 Å². The molecule has 0 spiro atoms. The van der Waals surface area contributed by atoms with E-state index in [9.17, 15) is 9.90 Å². The van der Waals surface area contributed by atoms with Crippen molar-refractivity contribution in [3.63, 3.8) is 0 Å². The fourth-order valence-electron chi connectivity index (χ4n) is 3.91. The molecule has 1 aromatic heterocycles. The van der Waals surface area contributed by atoms with Crippen molar-refractivity contribution in [2.75, 3.05) is 26.7 Å². The highest BCUT2D eigenvalue weighted by atomic mass is 16.3. The predicted molar refractivity (Wildman–Crippen MR) is 105 cm³/mol. The molecule has 0 saturated carbocycles. The van der Waals surface area contributed by atoms with Gasteiger partial charge < -0.3 is 10.0 Å². The second-order valence-corrected chi connectivity index (χ2v) is 7.71. The molecule has 0 aliphatic carbocycles. The number of rotatable bonds is 8. The zero-order chi connectivity index (χ0) is 19.3. The van der Waals surface area contributed by atoms with E-state index in [1.54, 1.807) is 4.68 Å². The fourth-order valence-corrected chi connectivity index (χ4v) is 3.91. The Hall–Kier alpha value is -2.18. The molecule has 1 fully saturated rings. The number of aryl methyl sites for hydroxylation is 2. The monoisotopic (exact) mass is 370 g/mol. The summed E-state index contributed by atoms with van der Waals surface area (Å²) in [6.07, 6.45) is 7.01. The predicted octanol–water partition coefficient (Wildman–Crippen LogP) is 1.84. The molecule has 1 N–H and O–H groups in total. The SMILES string of the molecule is CN(Cc1cnn(C)c1)CC1(O)CCCN(CCCc2ccccc2)C1=O.